The van der Waals surface area contributed by atoms with E-state index in [4.69, 9.17) is 10.5 Å². The lowest BCUT2D eigenvalue weighted by atomic mass is 9.99. The van der Waals surface area contributed by atoms with E-state index in [1.165, 1.54) is 38.8 Å². The van der Waals surface area contributed by atoms with Crippen LogP contribution in [0, 0.1) is 0 Å². The first-order chi connectivity index (χ1) is 9.28. The third-order valence-electron chi connectivity index (χ3n) is 4.29. The maximum Gasteiger partial charge on any atom is 0.215 e. The van der Waals surface area contributed by atoms with Gasteiger partial charge in [-0.05, 0) is 31.9 Å². The number of anilines is 2. The summed E-state index contributed by atoms with van der Waals surface area (Å²) in [7, 11) is 1.63. The van der Waals surface area contributed by atoms with Crippen molar-refractivity contribution >= 4 is 11.5 Å². The molecule has 2 fully saturated rings. The van der Waals surface area contributed by atoms with E-state index < -0.39 is 0 Å². The SMILES string of the molecule is COc1ccc(N)c(NC2CCN3CCCCC23)n1. The van der Waals surface area contributed by atoms with Crippen molar-refractivity contribution in [3.8, 4) is 5.88 Å². The number of rotatable bonds is 3. The molecular formula is C14H22N4O. The molecule has 0 amide bonds. The van der Waals surface area contributed by atoms with E-state index >= 15 is 0 Å². The molecule has 3 rings (SSSR count). The first-order valence-corrected chi connectivity index (χ1v) is 7.09. The molecule has 19 heavy (non-hydrogen) atoms. The van der Waals surface area contributed by atoms with Crippen molar-refractivity contribution in [2.45, 2.75) is 37.8 Å². The van der Waals surface area contributed by atoms with E-state index in [0.717, 1.165) is 5.82 Å². The molecule has 2 saturated heterocycles. The predicted octanol–water partition coefficient (Wildman–Crippen LogP) is 1.71. The molecule has 0 saturated carbocycles. The Bertz CT molecular complexity index is 451. The van der Waals surface area contributed by atoms with Gasteiger partial charge in [0, 0.05) is 24.7 Å². The molecule has 0 radical (unpaired) electrons. The Balaban J connectivity index is 1.74. The number of hydrogen-bond donors (Lipinski definition) is 2. The molecule has 0 aromatic carbocycles. The van der Waals surface area contributed by atoms with Gasteiger partial charge in [-0.3, -0.25) is 4.90 Å². The number of piperidine rings is 1. The maximum absolute atomic E-state index is 6.00. The zero-order chi connectivity index (χ0) is 13.2. The average molecular weight is 262 g/mol. The molecule has 2 unspecified atom stereocenters. The van der Waals surface area contributed by atoms with Crippen LogP contribution >= 0.6 is 0 Å². The van der Waals surface area contributed by atoms with Crippen LogP contribution in [0.4, 0.5) is 11.5 Å². The van der Waals surface area contributed by atoms with Crippen LogP contribution in [0.15, 0.2) is 12.1 Å². The van der Waals surface area contributed by atoms with E-state index in [-0.39, 0.29) is 0 Å². The second-order valence-corrected chi connectivity index (χ2v) is 5.43. The fraction of sp³-hybridized carbons (Fsp3) is 0.643. The van der Waals surface area contributed by atoms with Crippen LogP contribution in [0.1, 0.15) is 25.7 Å². The summed E-state index contributed by atoms with van der Waals surface area (Å²) in [6, 6.07) is 4.74. The van der Waals surface area contributed by atoms with Gasteiger partial charge in [-0.1, -0.05) is 6.42 Å². The molecule has 3 N–H and O–H groups in total. The number of ether oxygens (including phenoxy) is 1. The molecule has 0 aliphatic carbocycles. The molecule has 3 heterocycles. The van der Waals surface area contributed by atoms with Gasteiger partial charge < -0.3 is 15.8 Å². The third-order valence-corrected chi connectivity index (χ3v) is 4.29. The Kier molecular flexibility index (Phi) is 3.46. The number of nitrogens with two attached hydrogens (primary N) is 1. The van der Waals surface area contributed by atoms with Gasteiger partial charge in [-0.2, -0.15) is 4.98 Å². The highest BCUT2D eigenvalue weighted by atomic mass is 16.5. The Morgan fingerprint density at radius 1 is 1.32 bits per heavy atom. The monoisotopic (exact) mass is 262 g/mol. The lowest BCUT2D eigenvalue weighted by Gasteiger charge is -2.32. The summed E-state index contributed by atoms with van der Waals surface area (Å²) in [5, 5.41) is 3.53. The van der Waals surface area contributed by atoms with Gasteiger partial charge >= 0.3 is 0 Å². The summed E-state index contributed by atoms with van der Waals surface area (Å²) in [6.07, 6.45) is 5.12. The second kappa shape index (κ2) is 5.25. The lowest BCUT2D eigenvalue weighted by Crippen LogP contribution is -2.41. The van der Waals surface area contributed by atoms with E-state index in [2.05, 4.69) is 15.2 Å². The van der Waals surface area contributed by atoms with Crippen LogP contribution in [-0.4, -0.2) is 42.2 Å². The van der Waals surface area contributed by atoms with E-state index in [9.17, 15) is 0 Å². The molecule has 2 aliphatic rings. The molecule has 104 valence electrons. The number of hydrogen-bond acceptors (Lipinski definition) is 5. The van der Waals surface area contributed by atoms with Crippen molar-refractivity contribution in [3.05, 3.63) is 12.1 Å². The first-order valence-electron chi connectivity index (χ1n) is 7.09. The van der Waals surface area contributed by atoms with Crippen LogP contribution in [0.5, 0.6) is 5.88 Å². The van der Waals surface area contributed by atoms with E-state index in [1.807, 2.05) is 6.07 Å². The molecule has 2 aliphatic heterocycles. The molecule has 1 aromatic rings. The van der Waals surface area contributed by atoms with Crippen LogP contribution < -0.4 is 15.8 Å². The average Bonchev–Trinajstić information content (AvgIpc) is 2.85. The number of pyridine rings is 1. The summed E-state index contributed by atoms with van der Waals surface area (Å²) in [4.78, 5) is 7.01. The zero-order valence-electron chi connectivity index (χ0n) is 11.4. The number of aromatic nitrogens is 1. The summed E-state index contributed by atoms with van der Waals surface area (Å²) in [5.74, 6) is 1.37. The van der Waals surface area contributed by atoms with E-state index in [1.54, 1.807) is 13.2 Å². The van der Waals surface area contributed by atoms with Crippen molar-refractivity contribution in [1.82, 2.24) is 9.88 Å². The van der Waals surface area contributed by atoms with Crippen LogP contribution in [0.25, 0.3) is 0 Å². The Morgan fingerprint density at radius 2 is 2.21 bits per heavy atom. The number of fused-ring (bicyclic) bond motifs is 1. The third kappa shape index (κ3) is 2.47. The predicted molar refractivity (Wildman–Crippen MR) is 76.4 cm³/mol. The summed E-state index contributed by atoms with van der Waals surface area (Å²) < 4.78 is 5.16. The Morgan fingerprint density at radius 3 is 3.05 bits per heavy atom. The molecule has 5 nitrogen and oxygen atoms in total. The van der Waals surface area contributed by atoms with Crippen molar-refractivity contribution in [3.63, 3.8) is 0 Å². The molecule has 1 aromatic heterocycles. The fourth-order valence-corrected chi connectivity index (χ4v) is 3.27. The molecule has 5 heteroatoms. The largest absolute Gasteiger partial charge is 0.481 e. The van der Waals surface area contributed by atoms with Gasteiger partial charge in [0.2, 0.25) is 5.88 Å². The Hall–Kier alpha value is -1.49. The number of nitrogens with zero attached hydrogens (tertiary/aromatic N) is 2. The summed E-state index contributed by atoms with van der Waals surface area (Å²) >= 11 is 0. The van der Waals surface area contributed by atoms with Crippen LogP contribution in [0.2, 0.25) is 0 Å². The highest BCUT2D eigenvalue weighted by molar-refractivity contribution is 5.62. The van der Waals surface area contributed by atoms with Crippen LogP contribution in [-0.2, 0) is 0 Å². The first kappa shape index (κ1) is 12.5. The molecule has 2 atom stereocenters. The van der Waals surface area contributed by atoms with Gasteiger partial charge in [0.05, 0.1) is 12.8 Å². The van der Waals surface area contributed by atoms with Crippen molar-refractivity contribution in [1.29, 1.82) is 0 Å². The molecule has 0 bridgehead atoms. The van der Waals surface area contributed by atoms with Crippen molar-refractivity contribution in [2.24, 2.45) is 0 Å². The normalized spacial score (nSPS) is 27.0. The fourth-order valence-electron chi connectivity index (χ4n) is 3.27. The highest BCUT2D eigenvalue weighted by Crippen LogP contribution is 2.30. The second-order valence-electron chi connectivity index (χ2n) is 5.43. The van der Waals surface area contributed by atoms with Gasteiger partial charge in [-0.15, -0.1) is 0 Å². The number of nitrogen functional groups attached to an aromatic ring is 1. The van der Waals surface area contributed by atoms with E-state index in [0.29, 0.717) is 23.7 Å². The molecular weight excluding hydrogens is 240 g/mol. The van der Waals surface area contributed by atoms with Gasteiger partial charge in [0.15, 0.2) is 5.82 Å². The zero-order valence-corrected chi connectivity index (χ0v) is 11.4. The van der Waals surface area contributed by atoms with Crippen molar-refractivity contribution in [2.75, 3.05) is 31.2 Å². The number of nitrogens with one attached hydrogen (secondary N) is 1. The molecule has 0 spiro atoms. The smallest absolute Gasteiger partial charge is 0.215 e. The van der Waals surface area contributed by atoms with Gasteiger partial charge in [0.25, 0.3) is 0 Å². The minimum atomic E-state index is 0.460. The quantitative estimate of drug-likeness (QED) is 0.868. The number of methoxy groups -OCH3 is 1. The summed E-state index contributed by atoms with van der Waals surface area (Å²) in [5.41, 5.74) is 6.69. The van der Waals surface area contributed by atoms with Gasteiger partial charge in [-0.25, -0.2) is 0 Å². The standard InChI is InChI=1S/C14H22N4O/c1-19-13-6-5-10(15)14(17-13)16-11-7-9-18-8-3-2-4-12(11)18/h5-6,11-12H,2-4,7-9,15H2,1H3,(H,16,17). The topological polar surface area (TPSA) is 63.4 Å². The lowest BCUT2D eigenvalue weighted by molar-refractivity contribution is 0.192. The van der Waals surface area contributed by atoms with Gasteiger partial charge in [0.1, 0.15) is 0 Å². The minimum Gasteiger partial charge on any atom is -0.481 e. The minimum absolute atomic E-state index is 0.460. The Labute approximate surface area is 114 Å². The summed E-state index contributed by atoms with van der Waals surface area (Å²) in [6.45, 7) is 2.43. The van der Waals surface area contributed by atoms with Crippen molar-refractivity contribution < 1.29 is 4.74 Å². The van der Waals surface area contributed by atoms with Crippen LogP contribution in [0.3, 0.4) is 0 Å². The highest BCUT2D eigenvalue weighted by Gasteiger charge is 2.35. The maximum atomic E-state index is 6.00.